The molecule has 0 unspecified atom stereocenters. The fourth-order valence-corrected chi connectivity index (χ4v) is 5.83. The molecule has 1 amide bonds. The molecule has 0 aliphatic carbocycles. The number of anilines is 1. The number of rotatable bonds is 6. The van der Waals surface area contributed by atoms with Crippen molar-refractivity contribution in [3.8, 4) is 5.75 Å². The maximum Gasteiger partial charge on any atom is 0.243 e. The lowest BCUT2D eigenvalue weighted by Gasteiger charge is -2.28. The first-order chi connectivity index (χ1) is 15.7. The van der Waals surface area contributed by atoms with Gasteiger partial charge in [0.15, 0.2) is 0 Å². The Morgan fingerprint density at radius 1 is 1.21 bits per heavy atom. The van der Waals surface area contributed by atoms with Crippen molar-refractivity contribution in [1.82, 2.24) is 14.1 Å². The van der Waals surface area contributed by atoms with Crippen LogP contribution in [0.2, 0.25) is 5.02 Å². The van der Waals surface area contributed by atoms with Crippen molar-refractivity contribution >= 4 is 33.2 Å². The highest BCUT2D eigenvalue weighted by Crippen LogP contribution is 2.32. The topological polar surface area (TPSA) is 84.7 Å². The molecule has 0 radical (unpaired) electrons. The van der Waals surface area contributed by atoms with Gasteiger partial charge >= 0.3 is 0 Å². The Labute approximate surface area is 198 Å². The molecule has 1 aliphatic heterocycles. The third-order valence-corrected chi connectivity index (χ3v) is 7.94. The molecule has 1 aromatic heterocycles. The number of fused-ring (bicyclic) bond motifs is 1. The highest BCUT2D eigenvalue weighted by Gasteiger charge is 2.33. The minimum absolute atomic E-state index is 0.108. The molecule has 174 valence electrons. The quantitative estimate of drug-likeness (QED) is 0.531. The van der Waals surface area contributed by atoms with E-state index < -0.39 is 10.0 Å². The summed E-state index contributed by atoms with van der Waals surface area (Å²) in [6.45, 7) is 2.26. The summed E-state index contributed by atoms with van der Waals surface area (Å²) in [5.74, 6) is 0.296. The second kappa shape index (κ2) is 9.17. The molecule has 0 bridgehead atoms. The van der Waals surface area contributed by atoms with E-state index in [1.165, 1.54) is 30.5 Å². The number of carbonyl (C=O) groups is 1. The van der Waals surface area contributed by atoms with Crippen molar-refractivity contribution in [1.29, 1.82) is 0 Å². The summed E-state index contributed by atoms with van der Waals surface area (Å²) < 4.78 is 35.0. The molecule has 2 heterocycles. The van der Waals surface area contributed by atoms with Crippen LogP contribution in [-0.4, -0.2) is 42.1 Å². The highest BCUT2D eigenvalue weighted by molar-refractivity contribution is 7.89. The van der Waals surface area contributed by atoms with Gasteiger partial charge in [-0.3, -0.25) is 9.48 Å². The van der Waals surface area contributed by atoms with E-state index in [-0.39, 0.29) is 28.9 Å². The van der Waals surface area contributed by atoms with Gasteiger partial charge in [0.25, 0.3) is 0 Å². The summed E-state index contributed by atoms with van der Waals surface area (Å²) in [5, 5.41) is 4.86. The zero-order valence-corrected chi connectivity index (χ0v) is 20.2. The zero-order valence-electron chi connectivity index (χ0n) is 18.7. The van der Waals surface area contributed by atoms with Crippen molar-refractivity contribution in [3.63, 3.8) is 0 Å². The minimum Gasteiger partial charge on any atom is -0.495 e. The summed E-state index contributed by atoms with van der Waals surface area (Å²) >= 11 is 6.17. The molecule has 0 saturated heterocycles. The van der Waals surface area contributed by atoms with Crippen molar-refractivity contribution in [2.24, 2.45) is 7.05 Å². The molecule has 10 heteroatoms. The summed E-state index contributed by atoms with van der Waals surface area (Å²) in [6.07, 6.45) is 0.521. The van der Waals surface area contributed by atoms with Crippen molar-refractivity contribution < 1.29 is 17.9 Å². The van der Waals surface area contributed by atoms with E-state index >= 15 is 0 Å². The Hall–Kier alpha value is -2.88. The Bertz CT molecular complexity index is 1290. The van der Waals surface area contributed by atoms with Crippen LogP contribution >= 0.6 is 11.6 Å². The standard InChI is InChI=1S/C23H25ClN4O4S/c1-16(29)28(17-7-5-4-6-8-17)15-21-19-14-27(12-11-22(19)26(2)25-21)33(30,31)18-9-10-23(32-3)20(24)13-18/h4-10,13H,11-12,14-15H2,1-3H3. The zero-order chi connectivity index (χ0) is 23.8. The fourth-order valence-electron chi connectivity index (χ4n) is 4.08. The Morgan fingerprint density at radius 2 is 1.94 bits per heavy atom. The molecule has 0 saturated carbocycles. The average molecular weight is 489 g/mol. The van der Waals surface area contributed by atoms with Crippen molar-refractivity contribution in [2.45, 2.75) is 31.3 Å². The first-order valence-electron chi connectivity index (χ1n) is 10.4. The van der Waals surface area contributed by atoms with E-state index in [1.807, 2.05) is 37.4 Å². The van der Waals surface area contributed by atoms with Crippen LogP contribution in [0.1, 0.15) is 23.9 Å². The Balaban J connectivity index is 1.65. The molecule has 0 atom stereocenters. The number of halogens is 1. The number of amides is 1. The van der Waals surface area contributed by atoms with Crippen LogP contribution < -0.4 is 9.64 Å². The lowest BCUT2D eigenvalue weighted by atomic mass is 10.1. The average Bonchev–Trinajstić information content (AvgIpc) is 3.12. The maximum atomic E-state index is 13.4. The van der Waals surface area contributed by atoms with E-state index in [0.29, 0.717) is 24.4 Å². The van der Waals surface area contributed by atoms with Crippen LogP contribution in [0.15, 0.2) is 53.4 Å². The number of aryl methyl sites for hydroxylation is 1. The predicted octanol–water partition coefficient (Wildman–Crippen LogP) is 3.38. The van der Waals surface area contributed by atoms with Gasteiger partial charge < -0.3 is 9.64 Å². The SMILES string of the molecule is COc1ccc(S(=O)(=O)N2CCc3c(c(CN(C(C)=O)c4ccccc4)nn3C)C2)cc1Cl. The van der Waals surface area contributed by atoms with Gasteiger partial charge in [-0.05, 0) is 30.3 Å². The number of nitrogens with zero attached hydrogens (tertiary/aromatic N) is 4. The van der Waals surface area contributed by atoms with E-state index in [0.717, 1.165) is 16.9 Å². The lowest BCUT2D eigenvalue weighted by Crippen LogP contribution is -2.37. The van der Waals surface area contributed by atoms with E-state index in [9.17, 15) is 13.2 Å². The van der Waals surface area contributed by atoms with Gasteiger partial charge in [-0.1, -0.05) is 29.8 Å². The number of para-hydroxylation sites is 1. The number of sulfonamides is 1. The van der Waals surface area contributed by atoms with Gasteiger partial charge in [0.05, 0.1) is 29.3 Å². The lowest BCUT2D eigenvalue weighted by molar-refractivity contribution is -0.116. The highest BCUT2D eigenvalue weighted by atomic mass is 35.5. The van der Waals surface area contributed by atoms with E-state index in [1.54, 1.807) is 15.6 Å². The maximum absolute atomic E-state index is 13.4. The largest absolute Gasteiger partial charge is 0.495 e. The van der Waals surface area contributed by atoms with Gasteiger partial charge in [0.2, 0.25) is 15.9 Å². The van der Waals surface area contributed by atoms with Crippen LogP contribution in [0.25, 0.3) is 0 Å². The van der Waals surface area contributed by atoms with Crippen LogP contribution in [0.5, 0.6) is 5.75 Å². The second-order valence-corrected chi connectivity index (χ2v) is 10.2. The summed E-state index contributed by atoms with van der Waals surface area (Å²) in [6, 6.07) is 13.8. The van der Waals surface area contributed by atoms with Crippen LogP contribution in [0, 0.1) is 0 Å². The summed E-state index contributed by atoms with van der Waals surface area (Å²) in [7, 11) is -0.460. The van der Waals surface area contributed by atoms with Crippen LogP contribution in [-0.2, 0) is 41.4 Å². The van der Waals surface area contributed by atoms with Gasteiger partial charge in [0, 0.05) is 50.4 Å². The Kier molecular flexibility index (Phi) is 6.47. The smallest absolute Gasteiger partial charge is 0.243 e. The molecule has 0 spiro atoms. The summed E-state index contributed by atoms with van der Waals surface area (Å²) in [4.78, 5) is 14.1. The number of benzene rings is 2. The van der Waals surface area contributed by atoms with Crippen LogP contribution in [0.4, 0.5) is 5.69 Å². The minimum atomic E-state index is -3.78. The number of carbonyl (C=O) groups excluding carboxylic acids is 1. The molecule has 1 aliphatic rings. The number of hydrogen-bond acceptors (Lipinski definition) is 5. The number of methoxy groups -OCH3 is 1. The molecule has 2 aromatic carbocycles. The van der Waals surface area contributed by atoms with Crippen molar-refractivity contribution in [3.05, 3.63) is 70.5 Å². The fraction of sp³-hybridized carbons (Fsp3) is 0.304. The number of ether oxygens (including phenoxy) is 1. The molecule has 0 fully saturated rings. The number of aromatic nitrogens is 2. The van der Waals surface area contributed by atoms with Gasteiger partial charge in [-0.15, -0.1) is 0 Å². The summed E-state index contributed by atoms with van der Waals surface area (Å²) in [5.41, 5.74) is 3.24. The van der Waals surface area contributed by atoms with E-state index in [2.05, 4.69) is 5.10 Å². The van der Waals surface area contributed by atoms with Gasteiger partial charge in [-0.25, -0.2) is 8.42 Å². The third kappa shape index (κ3) is 4.48. The van der Waals surface area contributed by atoms with Crippen LogP contribution in [0.3, 0.4) is 0 Å². The second-order valence-electron chi connectivity index (χ2n) is 7.82. The molecular weight excluding hydrogens is 464 g/mol. The van der Waals surface area contributed by atoms with E-state index in [4.69, 9.17) is 16.3 Å². The third-order valence-electron chi connectivity index (χ3n) is 5.81. The monoisotopic (exact) mass is 488 g/mol. The molecule has 4 rings (SSSR count). The molecule has 8 nitrogen and oxygen atoms in total. The molecular formula is C23H25ClN4O4S. The predicted molar refractivity (Wildman–Crippen MR) is 126 cm³/mol. The molecule has 3 aromatic rings. The normalized spacial score (nSPS) is 14.1. The van der Waals surface area contributed by atoms with Crippen molar-refractivity contribution in [2.75, 3.05) is 18.6 Å². The van der Waals surface area contributed by atoms with Gasteiger partial charge in [0.1, 0.15) is 5.75 Å². The molecule has 33 heavy (non-hydrogen) atoms. The first-order valence-corrected chi connectivity index (χ1v) is 12.2. The Morgan fingerprint density at radius 3 is 2.58 bits per heavy atom. The molecule has 0 N–H and O–H groups in total. The number of hydrogen-bond donors (Lipinski definition) is 0. The first kappa shape index (κ1) is 23.3. The van der Waals surface area contributed by atoms with Gasteiger partial charge in [-0.2, -0.15) is 9.40 Å².